The Morgan fingerprint density at radius 3 is 2.65 bits per heavy atom. The Morgan fingerprint density at radius 1 is 1.35 bits per heavy atom. The molecule has 7 nitrogen and oxygen atoms in total. The van der Waals surface area contributed by atoms with Crippen molar-refractivity contribution in [1.82, 2.24) is 15.6 Å². The molecule has 0 aromatic rings. The molecule has 20 heavy (non-hydrogen) atoms. The van der Waals surface area contributed by atoms with Gasteiger partial charge in [-0.1, -0.05) is 19.8 Å². The van der Waals surface area contributed by atoms with Crippen LogP contribution in [-0.2, 0) is 9.59 Å². The summed E-state index contributed by atoms with van der Waals surface area (Å²) in [7, 11) is 0. The van der Waals surface area contributed by atoms with Crippen LogP contribution in [0, 0.1) is 0 Å². The maximum atomic E-state index is 12.3. The number of hydrogen-bond acceptors (Lipinski definition) is 4. The van der Waals surface area contributed by atoms with E-state index in [0.717, 1.165) is 12.8 Å². The van der Waals surface area contributed by atoms with Gasteiger partial charge in [-0.3, -0.25) is 19.9 Å². The molecular formula is C13H24N4O3. The summed E-state index contributed by atoms with van der Waals surface area (Å²) in [6.45, 7) is 4.15. The van der Waals surface area contributed by atoms with Gasteiger partial charge in [-0.25, -0.2) is 10.6 Å². The van der Waals surface area contributed by atoms with Crippen molar-refractivity contribution in [3.63, 3.8) is 0 Å². The molecule has 7 heteroatoms. The van der Waals surface area contributed by atoms with Gasteiger partial charge in [0.05, 0.1) is 0 Å². The molecule has 1 rings (SSSR count). The van der Waals surface area contributed by atoms with Crippen molar-refractivity contribution in [3.05, 3.63) is 0 Å². The number of rotatable bonds is 8. The summed E-state index contributed by atoms with van der Waals surface area (Å²) in [5.41, 5.74) is 1.27. The van der Waals surface area contributed by atoms with E-state index in [1.54, 1.807) is 6.92 Å². The molecule has 0 saturated carbocycles. The van der Waals surface area contributed by atoms with E-state index in [1.165, 1.54) is 4.90 Å². The zero-order valence-corrected chi connectivity index (χ0v) is 12.2. The van der Waals surface area contributed by atoms with E-state index in [2.05, 4.69) is 5.32 Å². The summed E-state index contributed by atoms with van der Waals surface area (Å²) in [5, 5.41) is 2.76. The van der Waals surface area contributed by atoms with Gasteiger partial charge in [0, 0.05) is 13.0 Å². The molecule has 1 heterocycles. The number of nitrogens with zero attached hydrogens (tertiary/aromatic N) is 1. The van der Waals surface area contributed by atoms with Crippen LogP contribution in [0.1, 0.15) is 52.4 Å². The highest BCUT2D eigenvalue weighted by molar-refractivity contribution is 6.06. The SMILES string of the molecule is CCCCC1(C)NC(=O)N(CCCCC(=O)NN)C1=O. The van der Waals surface area contributed by atoms with Gasteiger partial charge in [0.2, 0.25) is 5.91 Å². The molecule has 114 valence electrons. The lowest BCUT2D eigenvalue weighted by molar-refractivity contribution is -0.131. The van der Waals surface area contributed by atoms with Crippen molar-refractivity contribution in [3.8, 4) is 0 Å². The van der Waals surface area contributed by atoms with Gasteiger partial charge in [0.1, 0.15) is 5.54 Å². The van der Waals surface area contributed by atoms with Crippen LogP contribution in [0.5, 0.6) is 0 Å². The third-order valence-electron chi connectivity index (χ3n) is 3.57. The van der Waals surface area contributed by atoms with Gasteiger partial charge in [0.15, 0.2) is 0 Å². The summed E-state index contributed by atoms with van der Waals surface area (Å²) in [5.74, 6) is 4.57. The second-order valence-corrected chi connectivity index (χ2v) is 5.35. The minimum absolute atomic E-state index is 0.167. The summed E-state index contributed by atoms with van der Waals surface area (Å²) < 4.78 is 0. The fourth-order valence-electron chi connectivity index (χ4n) is 2.28. The van der Waals surface area contributed by atoms with Crippen LogP contribution in [0.2, 0.25) is 0 Å². The number of carbonyl (C=O) groups excluding carboxylic acids is 3. The molecule has 1 unspecified atom stereocenters. The highest BCUT2D eigenvalue weighted by Crippen LogP contribution is 2.23. The van der Waals surface area contributed by atoms with Gasteiger partial charge in [-0.2, -0.15) is 0 Å². The molecule has 0 aromatic carbocycles. The van der Waals surface area contributed by atoms with Crippen molar-refractivity contribution < 1.29 is 14.4 Å². The number of unbranched alkanes of at least 4 members (excludes halogenated alkanes) is 2. The monoisotopic (exact) mass is 284 g/mol. The van der Waals surface area contributed by atoms with E-state index >= 15 is 0 Å². The van der Waals surface area contributed by atoms with Crippen molar-refractivity contribution in [2.45, 2.75) is 57.9 Å². The van der Waals surface area contributed by atoms with Crippen LogP contribution in [0.25, 0.3) is 0 Å². The Morgan fingerprint density at radius 2 is 2.05 bits per heavy atom. The zero-order valence-electron chi connectivity index (χ0n) is 12.2. The first kappa shape index (κ1) is 16.4. The van der Waals surface area contributed by atoms with Gasteiger partial charge in [-0.05, 0) is 26.2 Å². The lowest BCUT2D eigenvalue weighted by atomic mass is 9.95. The molecular weight excluding hydrogens is 260 g/mol. The minimum Gasteiger partial charge on any atom is -0.323 e. The average Bonchev–Trinajstić information content (AvgIpc) is 2.64. The Hall–Kier alpha value is -1.63. The topological polar surface area (TPSA) is 105 Å². The smallest absolute Gasteiger partial charge is 0.323 e. The molecule has 0 aromatic heterocycles. The number of amides is 4. The van der Waals surface area contributed by atoms with Gasteiger partial charge >= 0.3 is 6.03 Å². The molecule has 1 atom stereocenters. The molecule has 0 spiro atoms. The second kappa shape index (κ2) is 7.23. The third kappa shape index (κ3) is 3.93. The molecule has 0 radical (unpaired) electrons. The van der Waals surface area contributed by atoms with E-state index in [0.29, 0.717) is 32.2 Å². The van der Waals surface area contributed by atoms with Crippen LogP contribution in [-0.4, -0.2) is 34.8 Å². The summed E-state index contributed by atoms with van der Waals surface area (Å²) in [6, 6.07) is -0.336. The lowest BCUT2D eigenvalue weighted by Gasteiger charge is -2.21. The molecule has 4 amide bonds. The van der Waals surface area contributed by atoms with E-state index in [4.69, 9.17) is 5.84 Å². The fraction of sp³-hybridized carbons (Fsp3) is 0.769. The standard InChI is InChI=1S/C13H24N4O3/c1-3-4-8-13(2)11(19)17(12(20)15-13)9-6-5-7-10(18)16-14/h3-9,14H2,1-2H3,(H,15,20)(H,16,18). The molecule has 4 N–H and O–H groups in total. The largest absolute Gasteiger partial charge is 0.325 e. The van der Waals surface area contributed by atoms with Gasteiger partial charge < -0.3 is 5.32 Å². The number of carbonyl (C=O) groups is 3. The number of hydrogen-bond donors (Lipinski definition) is 3. The van der Waals surface area contributed by atoms with Crippen molar-refractivity contribution in [2.24, 2.45) is 5.84 Å². The van der Waals surface area contributed by atoms with Gasteiger partial charge in [-0.15, -0.1) is 0 Å². The zero-order chi connectivity index (χ0) is 15.2. The molecule has 1 aliphatic heterocycles. The first-order chi connectivity index (χ1) is 9.44. The Labute approximate surface area is 119 Å². The quantitative estimate of drug-likeness (QED) is 0.200. The number of hydrazine groups is 1. The van der Waals surface area contributed by atoms with Crippen LogP contribution >= 0.6 is 0 Å². The maximum absolute atomic E-state index is 12.3. The Balaban J connectivity index is 2.45. The highest BCUT2D eigenvalue weighted by Gasteiger charge is 2.46. The predicted octanol–water partition coefficient (Wildman–Crippen LogP) is 0.647. The second-order valence-electron chi connectivity index (χ2n) is 5.35. The van der Waals surface area contributed by atoms with Crippen molar-refractivity contribution >= 4 is 17.8 Å². The van der Waals surface area contributed by atoms with E-state index in [-0.39, 0.29) is 17.8 Å². The van der Waals surface area contributed by atoms with Crippen LogP contribution < -0.4 is 16.6 Å². The molecule has 1 fully saturated rings. The maximum Gasteiger partial charge on any atom is 0.325 e. The summed E-state index contributed by atoms with van der Waals surface area (Å²) in [4.78, 5) is 36.3. The molecule has 0 aliphatic carbocycles. The normalized spacial score (nSPS) is 22.1. The van der Waals surface area contributed by atoms with E-state index in [1.807, 2.05) is 12.3 Å². The Bertz CT molecular complexity index is 386. The number of nitrogens with one attached hydrogen (secondary N) is 2. The fourth-order valence-corrected chi connectivity index (χ4v) is 2.28. The van der Waals surface area contributed by atoms with Crippen molar-refractivity contribution in [2.75, 3.05) is 6.54 Å². The molecule has 1 saturated heterocycles. The van der Waals surface area contributed by atoms with Gasteiger partial charge in [0.25, 0.3) is 5.91 Å². The number of imide groups is 1. The molecule has 0 bridgehead atoms. The van der Waals surface area contributed by atoms with Crippen LogP contribution in [0.3, 0.4) is 0 Å². The van der Waals surface area contributed by atoms with E-state index < -0.39 is 5.54 Å². The third-order valence-corrected chi connectivity index (χ3v) is 3.57. The summed E-state index contributed by atoms with van der Waals surface area (Å²) in [6.07, 6.45) is 4.01. The van der Waals surface area contributed by atoms with E-state index in [9.17, 15) is 14.4 Å². The highest BCUT2D eigenvalue weighted by atomic mass is 16.2. The summed E-state index contributed by atoms with van der Waals surface area (Å²) >= 11 is 0. The lowest BCUT2D eigenvalue weighted by Crippen LogP contribution is -2.43. The molecule has 1 aliphatic rings. The van der Waals surface area contributed by atoms with Crippen molar-refractivity contribution in [1.29, 1.82) is 0 Å². The van der Waals surface area contributed by atoms with Crippen LogP contribution in [0.15, 0.2) is 0 Å². The number of nitrogens with two attached hydrogens (primary N) is 1. The van der Waals surface area contributed by atoms with Crippen LogP contribution in [0.4, 0.5) is 4.79 Å². The first-order valence-electron chi connectivity index (χ1n) is 7.08. The number of urea groups is 1. The predicted molar refractivity (Wildman–Crippen MR) is 74.4 cm³/mol. The Kier molecular flexibility index (Phi) is 5.94. The first-order valence-corrected chi connectivity index (χ1v) is 7.08. The minimum atomic E-state index is -0.776. The average molecular weight is 284 g/mol.